The average molecular weight is 242 g/mol. The van der Waals surface area contributed by atoms with Crippen LogP contribution in [0.1, 0.15) is 38.6 Å². The highest BCUT2D eigenvalue weighted by atomic mass is 32.2. The Kier molecular flexibility index (Phi) is 4.17. The van der Waals surface area contributed by atoms with Gasteiger partial charge in [-0.2, -0.15) is 0 Å². The normalized spacial score (nSPS) is 19.1. The third-order valence-electron chi connectivity index (χ3n) is 2.94. The number of aliphatic hydroxyl groups is 1. The lowest BCUT2D eigenvalue weighted by atomic mass is 10.2. The number of nitrogens with zero attached hydrogens (tertiary/aromatic N) is 4. The van der Waals surface area contributed by atoms with Crippen LogP contribution in [0.15, 0.2) is 5.16 Å². The SMILES string of the molecule is CC(CO)CSc1nnnn1C1CCCC1. The molecule has 0 radical (unpaired) electrons. The van der Waals surface area contributed by atoms with Crippen LogP contribution in [0.3, 0.4) is 0 Å². The third-order valence-corrected chi connectivity index (χ3v) is 4.20. The van der Waals surface area contributed by atoms with Crippen molar-refractivity contribution in [3.63, 3.8) is 0 Å². The van der Waals surface area contributed by atoms with Crippen molar-refractivity contribution in [2.45, 2.75) is 43.8 Å². The lowest BCUT2D eigenvalue weighted by Gasteiger charge is -2.11. The highest BCUT2D eigenvalue weighted by Crippen LogP contribution is 2.31. The summed E-state index contributed by atoms with van der Waals surface area (Å²) in [5.74, 6) is 1.16. The zero-order valence-corrected chi connectivity index (χ0v) is 10.4. The first-order chi connectivity index (χ1) is 7.81. The molecule has 0 aromatic carbocycles. The molecule has 0 bridgehead atoms. The number of hydrogen-bond acceptors (Lipinski definition) is 5. The molecule has 1 unspecified atom stereocenters. The van der Waals surface area contributed by atoms with E-state index in [0.29, 0.717) is 12.0 Å². The van der Waals surface area contributed by atoms with E-state index < -0.39 is 0 Å². The van der Waals surface area contributed by atoms with E-state index in [9.17, 15) is 0 Å². The van der Waals surface area contributed by atoms with Crippen molar-refractivity contribution >= 4 is 11.8 Å². The van der Waals surface area contributed by atoms with E-state index in [1.165, 1.54) is 25.7 Å². The summed E-state index contributed by atoms with van der Waals surface area (Å²) in [6.45, 7) is 2.24. The van der Waals surface area contributed by atoms with Crippen LogP contribution in [0, 0.1) is 5.92 Å². The minimum absolute atomic E-state index is 0.220. The largest absolute Gasteiger partial charge is 0.396 e. The Labute approximate surface area is 99.6 Å². The molecule has 1 aliphatic rings. The summed E-state index contributed by atoms with van der Waals surface area (Å²) in [5, 5.41) is 21.7. The van der Waals surface area contributed by atoms with Crippen molar-refractivity contribution in [2.24, 2.45) is 5.92 Å². The van der Waals surface area contributed by atoms with Crippen molar-refractivity contribution in [3.8, 4) is 0 Å². The summed E-state index contributed by atoms with van der Waals surface area (Å²) in [7, 11) is 0. The Morgan fingerprint density at radius 2 is 2.25 bits per heavy atom. The molecule has 90 valence electrons. The van der Waals surface area contributed by atoms with Crippen LogP contribution in [-0.4, -0.2) is 37.7 Å². The molecule has 0 saturated heterocycles. The van der Waals surface area contributed by atoms with E-state index in [1.807, 2.05) is 11.6 Å². The number of thioether (sulfide) groups is 1. The Bertz CT molecular complexity index is 324. The monoisotopic (exact) mass is 242 g/mol. The van der Waals surface area contributed by atoms with Crippen molar-refractivity contribution in [2.75, 3.05) is 12.4 Å². The molecule has 5 nitrogen and oxygen atoms in total. The molecule has 1 saturated carbocycles. The molecule has 0 spiro atoms. The second kappa shape index (κ2) is 5.63. The van der Waals surface area contributed by atoms with Gasteiger partial charge in [-0.3, -0.25) is 0 Å². The van der Waals surface area contributed by atoms with E-state index in [-0.39, 0.29) is 6.61 Å². The van der Waals surface area contributed by atoms with Gasteiger partial charge in [0.15, 0.2) is 0 Å². The number of hydrogen-bond donors (Lipinski definition) is 1. The zero-order valence-electron chi connectivity index (χ0n) is 9.54. The summed E-state index contributed by atoms with van der Waals surface area (Å²) in [4.78, 5) is 0. The van der Waals surface area contributed by atoms with Gasteiger partial charge in [0.2, 0.25) is 5.16 Å². The number of tetrazole rings is 1. The van der Waals surface area contributed by atoms with Gasteiger partial charge < -0.3 is 5.11 Å². The smallest absolute Gasteiger partial charge is 0.209 e. The molecule has 1 atom stereocenters. The standard InChI is InChI=1S/C10H18N4OS/c1-8(6-15)7-16-10-11-12-13-14(10)9-4-2-3-5-9/h8-9,15H,2-7H2,1H3. The molecule has 2 rings (SSSR count). The Balaban J connectivity index is 1.95. The lowest BCUT2D eigenvalue weighted by molar-refractivity contribution is 0.250. The van der Waals surface area contributed by atoms with Gasteiger partial charge in [-0.05, 0) is 29.2 Å². The molecule has 0 aliphatic heterocycles. The first-order valence-corrected chi connectivity index (χ1v) is 6.81. The predicted molar refractivity (Wildman–Crippen MR) is 62.3 cm³/mol. The fraction of sp³-hybridized carbons (Fsp3) is 0.900. The maximum Gasteiger partial charge on any atom is 0.209 e. The van der Waals surface area contributed by atoms with Crippen molar-refractivity contribution < 1.29 is 5.11 Å². The van der Waals surface area contributed by atoms with Gasteiger partial charge in [-0.1, -0.05) is 31.5 Å². The van der Waals surface area contributed by atoms with Crippen LogP contribution < -0.4 is 0 Å². The third kappa shape index (κ3) is 2.74. The molecule has 1 N–H and O–H groups in total. The zero-order chi connectivity index (χ0) is 11.4. The summed E-state index contributed by atoms with van der Waals surface area (Å²) in [6, 6.07) is 0.488. The van der Waals surface area contributed by atoms with Gasteiger partial charge >= 0.3 is 0 Å². The Morgan fingerprint density at radius 3 is 2.94 bits per heavy atom. The summed E-state index contributed by atoms with van der Waals surface area (Å²) in [5.41, 5.74) is 0. The van der Waals surface area contributed by atoms with Crippen LogP contribution >= 0.6 is 11.8 Å². The predicted octanol–water partition coefficient (Wildman–Crippen LogP) is 1.51. The fourth-order valence-corrected chi connectivity index (χ4v) is 2.88. The quantitative estimate of drug-likeness (QED) is 0.793. The molecule has 6 heteroatoms. The lowest BCUT2D eigenvalue weighted by Crippen LogP contribution is -2.10. The van der Waals surface area contributed by atoms with Crippen LogP contribution in [-0.2, 0) is 0 Å². The molecule has 1 aromatic heterocycles. The fourth-order valence-electron chi connectivity index (χ4n) is 1.93. The van der Waals surface area contributed by atoms with Gasteiger partial charge in [0, 0.05) is 12.4 Å². The van der Waals surface area contributed by atoms with Gasteiger partial charge in [0.25, 0.3) is 0 Å². The van der Waals surface area contributed by atoms with Gasteiger partial charge in [0.1, 0.15) is 0 Å². The molecule has 0 amide bonds. The highest BCUT2D eigenvalue weighted by Gasteiger charge is 2.21. The van der Waals surface area contributed by atoms with Crippen LogP contribution in [0.5, 0.6) is 0 Å². The van der Waals surface area contributed by atoms with E-state index in [2.05, 4.69) is 15.5 Å². The molecule has 1 aliphatic carbocycles. The van der Waals surface area contributed by atoms with Crippen LogP contribution in [0.25, 0.3) is 0 Å². The second-order valence-corrected chi connectivity index (χ2v) is 5.43. The van der Waals surface area contributed by atoms with Crippen LogP contribution in [0.2, 0.25) is 0 Å². The van der Waals surface area contributed by atoms with Crippen LogP contribution in [0.4, 0.5) is 0 Å². The van der Waals surface area contributed by atoms with E-state index in [1.54, 1.807) is 11.8 Å². The minimum atomic E-state index is 0.220. The van der Waals surface area contributed by atoms with Crippen molar-refractivity contribution in [1.29, 1.82) is 0 Å². The molecular formula is C10H18N4OS. The number of rotatable bonds is 5. The summed E-state index contributed by atoms with van der Waals surface area (Å²) < 4.78 is 1.96. The maximum absolute atomic E-state index is 8.97. The van der Waals surface area contributed by atoms with Gasteiger partial charge in [-0.15, -0.1) is 5.10 Å². The van der Waals surface area contributed by atoms with Crippen molar-refractivity contribution in [3.05, 3.63) is 0 Å². The Morgan fingerprint density at radius 1 is 1.50 bits per heavy atom. The van der Waals surface area contributed by atoms with Crippen molar-refractivity contribution in [1.82, 2.24) is 20.2 Å². The number of aliphatic hydroxyl groups excluding tert-OH is 1. The molecule has 1 heterocycles. The first kappa shape index (κ1) is 11.9. The van der Waals surface area contributed by atoms with E-state index in [0.717, 1.165) is 10.9 Å². The first-order valence-electron chi connectivity index (χ1n) is 5.82. The summed E-state index contributed by atoms with van der Waals surface area (Å²) in [6.07, 6.45) is 4.94. The maximum atomic E-state index is 8.97. The van der Waals surface area contributed by atoms with Gasteiger partial charge in [-0.25, -0.2) is 4.68 Å². The summed E-state index contributed by atoms with van der Waals surface area (Å²) >= 11 is 1.64. The van der Waals surface area contributed by atoms with E-state index >= 15 is 0 Å². The molecule has 16 heavy (non-hydrogen) atoms. The highest BCUT2D eigenvalue weighted by molar-refractivity contribution is 7.99. The number of aromatic nitrogens is 4. The van der Waals surface area contributed by atoms with Gasteiger partial charge in [0.05, 0.1) is 6.04 Å². The average Bonchev–Trinajstić information content (AvgIpc) is 2.95. The molecular weight excluding hydrogens is 224 g/mol. The molecule has 1 aromatic rings. The topological polar surface area (TPSA) is 63.8 Å². The molecule has 1 fully saturated rings. The Hall–Kier alpha value is -0.620. The second-order valence-electron chi connectivity index (χ2n) is 4.44. The minimum Gasteiger partial charge on any atom is -0.396 e. The van der Waals surface area contributed by atoms with E-state index in [4.69, 9.17) is 5.11 Å².